The van der Waals surface area contributed by atoms with Gasteiger partial charge in [-0.05, 0) is 6.07 Å². The molecule has 0 aliphatic rings. The highest BCUT2D eigenvalue weighted by Gasteiger charge is 2.09. The van der Waals surface area contributed by atoms with Gasteiger partial charge in [0.25, 0.3) is 5.69 Å². The number of anilines is 1. The van der Waals surface area contributed by atoms with Crippen LogP contribution in [0.5, 0.6) is 0 Å². The molecule has 1 heterocycles. The largest absolute Gasteiger partial charge is 0.355 e. The van der Waals surface area contributed by atoms with Crippen LogP contribution in [-0.4, -0.2) is 34.0 Å². The van der Waals surface area contributed by atoms with E-state index in [9.17, 15) is 10.1 Å². The number of nitrogens with zero attached hydrogens (tertiary/aromatic N) is 2. The highest BCUT2D eigenvalue weighted by atomic mass is 16.6. The van der Waals surface area contributed by atoms with Gasteiger partial charge in [-0.3, -0.25) is 10.1 Å². The lowest BCUT2D eigenvalue weighted by atomic mass is 10.3. The molecule has 102 valence electrons. The number of aromatic amines is 1. The second-order valence-electron chi connectivity index (χ2n) is 4.58. The van der Waals surface area contributed by atoms with Gasteiger partial charge in [-0.1, -0.05) is 13.8 Å². The molecule has 0 atom stereocenters. The van der Waals surface area contributed by atoms with Crippen LogP contribution in [-0.2, 0) is 0 Å². The number of hydrogen-bond donors (Lipinski definition) is 3. The van der Waals surface area contributed by atoms with E-state index in [1.807, 2.05) is 0 Å². The van der Waals surface area contributed by atoms with Crippen molar-refractivity contribution in [3.05, 3.63) is 28.3 Å². The second-order valence-corrected chi connectivity index (χ2v) is 4.58. The van der Waals surface area contributed by atoms with Crippen LogP contribution < -0.4 is 10.6 Å². The monoisotopic (exact) mass is 263 g/mol. The molecule has 2 rings (SSSR count). The summed E-state index contributed by atoms with van der Waals surface area (Å²) < 4.78 is 0. The molecular formula is C12H17N5O2. The van der Waals surface area contributed by atoms with Crippen LogP contribution >= 0.6 is 0 Å². The molecule has 0 saturated heterocycles. The van der Waals surface area contributed by atoms with E-state index in [4.69, 9.17) is 0 Å². The zero-order chi connectivity index (χ0) is 13.8. The van der Waals surface area contributed by atoms with Gasteiger partial charge >= 0.3 is 0 Å². The summed E-state index contributed by atoms with van der Waals surface area (Å²) in [4.78, 5) is 17.6. The Morgan fingerprint density at radius 2 is 2.21 bits per heavy atom. The SMILES string of the molecule is CC(C)NCCNc1nc2ccc([N+](=O)[O-])cc2[nH]1. The third-order valence-electron chi connectivity index (χ3n) is 2.65. The normalized spacial score (nSPS) is 11.1. The van der Waals surface area contributed by atoms with Crippen molar-refractivity contribution in [2.24, 2.45) is 0 Å². The van der Waals surface area contributed by atoms with E-state index in [0.717, 1.165) is 13.1 Å². The van der Waals surface area contributed by atoms with Gasteiger partial charge in [0.05, 0.1) is 16.0 Å². The quantitative estimate of drug-likeness (QED) is 0.420. The van der Waals surface area contributed by atoms with Gasteiger partial charge in [-0.2, -0.15) is 0 Å². The topological polar surface area (TPSA) is 95.9 Å². The van der Waals surface area contributed by atoms with Gasteiger partial charge in [0, 0.05) is 31.3 Å². The summed E-state index contributed by atoms with van der Waals surface area (Å²) in [6.45, 7) is 5.73. The Morgan fingerprint density at radius 3 is 2.89 bits per heavy atom. The molecule has 19 heavy (non-hydrogen) atoms. The molecule has 0 spiro atoms. The maximum atomic E-state index is 10.7. The maximum Gasteiger partial charge on any atom is 0.271 e. The number of rotatable bonds is 6. The minimum Gasteiger partial charge on any atom is -0.355 e. The first kappa shape index (κ1) is 13.3. The van der Waals surface area contributed by atoms with Crippen LogP contribution in [0.1, 0.15) is 13.8 Å². The molecule has 0 amide bonds. The zero-order valence-electron chi connectivity index (χ0n) is 10.9. The third-order valence-corrected chi connectivity index (χ3v) is 2.65. The molecule has 2 aromatic rings. The Bertz CT molecular complexity index is 579. The molecule has 0 unspecified atom stereocenters. The number of benzene rings is 1. The van der Waals surface area contributed by atoms with Crippen molar-refractivity contribution in [2.75, 3.05) is 18.4 Å². The fourth-order valence-electron chi connectivity index (χ4n) is 1.74. The van der Waals surface area contributed by atoms with E-state index in [0.29, 0.717) is 23.0 Å². The van der Waals surface area contributed by atoms with Crippen molar-refractivity contribution in [1.29, 1.82) is 0 Å². The number of fused-ring (bicyclic) bond motifs is 1. The molecule has 0 radical (unpaired) electrons. The standard InChI is InChI=1S/C12H17N5O2/c1-8(2)13-5-6-14-12-15-10-4-3-9(17(18)19)7-11(10)16-12/h3-4,7-8,13H,5-6H2,1-2H3,(H2,14,15,16). The van der Waals surface area contributed by atoms with Gasteiger partial charge in [-0.25, -0.2) is 4.98 Å². The van der Waals surface area contributed by atoms with Crippen LogP contribution in [0.3, 0.4) is 0 Å². The first-order valence-electron chi connectivity index (χ1n) is 6.17. The van der Waals surface area contributed by atoms with Crippen molar-refractivity contribution < 1.29 is 4.92 Å². The lowest BCUT2D eigenvalue weighted by molar-refractivity contribution is -0.384. The average Bonchev–Trinajstić information content (AvgIpc) is 2.75. The van der Waals surface area contributed by atoms with E-state index in [1.54, 1.807) is 6.07 Å². The maximum absolute atomic E-state index is 10.7. The van der Waals surface area contributed by atoms with Gasteiger partial charge in [0.15, 0.2) is 0 Å². The van der Waals surface area contributed by atoms with Crippen molar-refractivity contribution >= 4 is 22.7 Å². The lowest BCUT2D eigenvalue weighted by Gasteiger charge is -2.07. The first-order valence-corrected chi connectivity index (χ1v) is 6.17. The number of nitrogens with one attached hydrogen (secondary N) is 3. The fraction of sp³-hybridized carbons (Fsp3) is 0.417. The van der Waals surface area contributed by atoms with E-state index in [2.05, 4.69) is 34.4 Å². The molecule has 7 nitrogen and oxygen atoms in total. The predicted molar refractivity (Wildman–Crippen MR) is 74.4 cm³/mol. The number of imidazole rings is 1. The lowest BCUT2D eigenvalue weighted by Crippen LogP contribution is -2.28. The van der Waals surface area contributed by atoms with Gasteiger partial charge in [-0.15, -0.1) is 0 Å². The summed E-state index contributed by atoms with van der Waals surface area (Å²) in [6.07, 6.45) is 0. The zero-order valence-corrected chi connectivity index (χ0v) is 10.9. The molecule has 0 saturated carbocycles. The van der Waals surface area contributed by atoms with E-state index in [1.165, 1.54) is 12.1 Å². The Hall–Kier alpha value is -2.15. The Morgan fingerprint density at radius 1 is 1.42 bits per heavy atom. The smallest absolute Gasteiger partial charge is 0.271 e. The number of H-pyrrole nitrogens is 1. The molecule has 0 bridgehead atoms. The van der Waals surface area contributed by atoms with Crippen LogP contribution in [0.2, 0.25) is 0 Å². The van der Waals surface area contributed by atoms with Gasteiger partial charge in [0.2, 0.25) is 5.95 Å². The number of hydrogen-bond acceptors (Lipinski definition) is 5. The van der Waals surface area contributed by atoms with Crippen LogP contribution in [0.15, 0.2) is 18.2 Å². The summed E-state index contributed by atoms with van der Waals surface area (Å²) in [5.74, 6) is 0.626. The van der Waals surface area contributed by atoms with E-state index in [-0.39, 0.29) is 5.69 Å². The van der Waals surface area contributed by atoms with Crippen molar-refractivity contribution in [2.45, 2.75) is 19.9 Å². The summed E-state index contributed by atoms with van der Waals surface area (Å²) in [5, 5.41) is 17.1. The van der Waals surface area contributed by atoms with Crippen LogP contribution in [0.4, 0.5) is 11.6 Å². The molecular weight excluding hydrogens is 246 g/mol. The summed E-state index contributed by atoms with van der Waals surface area (Å²) >= 11 is 0. The van der Waals surface area contributed by atoms with Gasteiger partial charge in [0.1, 0.15) is 0 Å². The molecule has 0 aliphatic heterocycles. The molecule has 0 aliphatic carbocycles. The van der Waals surface area contributed by atoms with Crippen LogP contribution in [0, 0.1) is 10.1 Å². The minimum atomic E-state index is -0.417. The number of nitro benzene ring substituents is 1. The Labute approximate surface area is 110 Å². The Kier molecular flexibility index (Phi) is 3.96. The average molecular weight is 263 g/mol. The molecule has 7 heteroatoms. The second kappa shape index (κ2) is 5.66. The molecule has 1 aromatic carbocycles. The van der Waals surface area contributed by atoms with Crippen molar-refractivity contribution in [3.63, 3.8) is 0 Å². The number of non-ortho nitro benzene ring substituents is 1. The molecule has 3 N–H and O–H groups in total. The van der Waals surface area contributed by atoms with Crippen molar-refractivity contribution in [3.8, 4) is 0 Å². The summed E-state index contributed by atoms with van der Waals surface area (Å²) in [7, 11) is 0. The first-order chi connectivity index (χ1) is 9.06. The predicted octanol–water partition coefficient (Wildman–Crippen LogP) is 1.88. The third kappa shape index (κ3) is 3.41. The molecule has 0 fully saturated rings. The van der Waals surface area contributed by atoms with E-state index >= 15 is 0 Å². The Balaban J connectivity index is 2.03. The van der Waals surface area contributed by atoms with Crippen LogP contribution in [0.25, 0.3) is 11.0 Å². The summed E-state index contributed by atoms with van der Waals surface area (Å²) in [5.41, 5.74) is 1.43. The highest BCUT2D eigenvalue weighted by molar-refractivity contribution is 5.79. The van der Waals surface area contributed by atoms with E-state index < -0.39 is 4.92 Å². The fourth-order valence-corrected chi connectivity index (χ4v) is 1.74. The minimum absolute atomic E-state index is 0.0594. The molecule has 1 aromatic heterocycles. The summed E-state index contributed by atoms with van der Waals surface area (Å²) in [6, 6.07) is 5.02. The van der Waals surface area contributed by atoms with Gasteiger partial charge < -0.3 is 15.6 Å². The van der Waals surface area contributed by atoms with Crippen molar-refractivity contribution in [1.82, 2.24) is 15.3 Å². The number of nitro groups is 1. The highest BCUT2D eigenvalue weighted by Crippen LogP contribution is 2.20. The number of aromatic nitrogens is 2.